The van der Waals surface area contributed by atoms with Crippen molar-refractivity contribution in [3.05, 3.63) is 27.7 Å². The molecule has 0 atom stereocenters. The Morgan fingerprint density at radius 2 is 2.15 bits per heavy atom. The summed E-state index contributed by atoms with van der Waals surface area (Å²) in [5, 5.41) is 5.13. The first-order valence-corrected chi connectivity index (χ1v) is 4.29. The molecule has 1 aromatic rings. The quantitative estimate of drug-likeness (QED) is 0.778. The molecule has 0 fully saturated rings. The van der Waals surface area contributed by atoms with E-state index in [1.54, 1.807) is 0 Å². The van der Waals surface area contributed by atoms with Gasteiger partial charge in [-0.15, -0.1) is 0 Å². The summed E-state index contributed by atoms with van der Waals surface area (Å²) in [5.41, 5.74) is -2.10. The van der Waals surface area contributed by atoms with Crippen molar-refractivity contribution in [2.24, 2.45) is 0 Å². The lowest BCUT2D eigenvalue weighted by Crippen LogP contribution is -2.17. The van der Waals surface area contributed by atoms with E-state index in [4.69, 9.17) is 0 Å². The number of hydrogen-bond acceptors (Lipinski definition) is 2. The number of hydrogen-bond donors (Lipinski definition) is 1. The van der Waals surface area contributed by atoms with Crippen LogP contribution in [0.3, 0.4) is 0 Å². The molecule has 1 heterocycles. The minimum absolute atomic E-state index is 0.0569. The molecule has 1 rings (SSSR count). The van der Waals surface area contributed by atoms with Crippen LogP contribution in [0.5, 0.6) is 0 Å². The Hall–Kier alpha value is -0.850. The average molecular weight is 257 g/mol. The van der Waals surface area contributed by atoms with Gasteiger partial charge in [0.05, 0.1) is 11.3 Å². The molecule has 7 heteroatoms. The Labute approximate surface area is 79.1 Å². The minimum Gasteiger partial charge on any atom is -0.268 e. The second-order valence-electron chi connectivity index (χ2n) is 2.22. The van der Waals surface area contributed by atoms with Crippen LogP contribution < -0.4 is 5.56 Å². The SMILES string of the molecule is O=c1cc(C(F)(F)F)c(CBr)n[nH]1. The van der Waals surface area contributed by atoms with Gasteiger partial charge in [-0.2, -0.15) is 18.3 Å². The summed E-state index contributed by atoms with van der Waals surface area (Å²) in [5.74, 6) is 0. The summed E-state index contributed by atoms with van der Waals surface area (Å²) >= 11 is 2.84. The van der Waals surface area contributed by atoms with Crippen molar-refractivity contribution < 1.29 is 13.2 Å². The predicted molar refractivity (Wildman–Crippen MR) is 42.5 cm³/mol. The second kappa shape index (κ2) is 3.49. The van der Waals surface area contributed by atoms with E-state index in [1.165, 1.54) is 0 Å². The molecule has 13 heavy (non-hydrogen) atoms. The van der Waals surface area contributed by atoms with Crippen molar-refractivity contribution in [2.45, 2.75) is 11.5 Å². The Morgan fingerprint density at radius 1 is 1.54 bits per heavy atom. The van der Waals surface area contributed by atoms with Gasteiger partial charge in [-0.25, -0.2) is 5.10 Å². The molecule has 1 aromatic heterocycles. The van der Waals surface area contributed by atoms with Gasteiger partial charge < -0.3 is 0 Å². The van der Waals surface area contributed by atoms with E-state index in [2.05, 4.69) is 21.0 Å². The maximum atomic E-state index is 12.2. The van der Waals surface area contributed by atoms with Gasteiger partial charge in [0.25, 0.3) is 5.56 Å². The molecule has 1 N–H and O–H groups in total. The highest BCUT2D eigenvalue weighted by Gasteiger charge is 2.34. The molecule has 0 aliphatic rings. The molecule has 0 unspecified atom stereocenters. The normalized spacial score (nSPS) is 11.7. The number of aromatic amines is 1. The fraction of sp³-hybridized carbons (Fsp3) is 0.333. The number of nitrogens with zero attached hydrogens (tertiary/aromatic N) is 1. The van der Waals surface area contributed by atoms with E-state index >= 15 is 0 Å². The number of halogens is 4. The molecule has 0 aliphatic carbocycles. The van der Waals surface area contributed by atoms with Crippen LogP contribution in [0.1, 0.15) is 11.3 Å². The summed E-state index contributed by atoms with van der Waals surface area (Å²) in [6.45, 7) is 0. The summed E-state index contributed by atoms with van der Waals surface area (Å²) in [6.07, 6.45) is -4.54. The Morgan fingerprint density at radius 3 is 2.62 bits per heavy atom. The zero-order chi connectivity index (χ0) is 10.1. The maximum absolute atomic E-state index is 12.2. The van der Waals surface area contributed by atoms with Crippen molar-refractivity contribution in [1.29, 1.82) is 0 Å². The third-order valence-corrected chi connectivity index (χ3v) is 1.85. The van der Waals surface area contributed by atoms with E-state index in [-0.39, 0.29) is 11.0 Å². The standard InChI is InChI=1S/C6H4BrF3N2O/c7-2-4-3(6(8,9)10)1-5(13)12-11-4/h1H,2H2,(H,12,13). The van der Waals surface area contributed by atoms with Gasteiger partial charge in [0.2, 0.25) is 0 Å². The van der Waals surface area contributed by atoms with Crippen LogP contribution in [-0.4, -0.2) is 10.2 Å². The number of alkyl halides is 4. The summed E-state index contributed by atoms with van der Waals surface area (Å²) < 4.78 is 36.6. The highest BCUT2D eigenvalue weighted by atomic mass is 79.9. The smallest absolute Gasteiger partial charge is 0.268 e. The van der Waals surface area contributed by atoms with Crippen molar-refractivity contribution in [1.82, 2.24) is 10.2 Å². The topological polar surface area (TPSA) is 45.8 Å². The molecule has 0 aliphatic heterocycles. The van der Waals surface area contributed by atoms with Crippen LogP contribution in [-0.2, 0) is 11.5 Å². The van der Waals surface area contributed by atoms with Gasteiger partial charge in [-0.05, 0) is 0 Å². The molecule has 3 nitrogen and oxygen atoms in total. The number of rotatable bonds is 1. The minimum atomic E-state index is -4.54. The van der Waals surface area contributed by atoms with Gasteiger partial charge in [0, 0.05) is 11.4 Å². The lowest BCUT2D eigenvalue weighted by molar-refractivity contribution is -0.138. The van der Waals surface area contributed by atoms with Crippen molar-refractivity contribution in [3.8, 4) is 0 Å². The van der Waals surface area contributed by atoms with E-state index in [9.17, 15) is 18.0 Å². The zero-order valence-electron chi connectivity index (χ0n) is 6.15. The second-order valence-corrected chi connectivity index (χ2v) is 2.78. The van der Waals surface area contributed by atoms with E-state index in [0.717, 1.165) is 0 Å². The fourth-order valence-corrected chi connectivity index (χ4v) is 1.20. The van der Waals surface area contributed by atoms with Crippen LogP contribution in [0, 0.1) is 0 Å². The lowest BCUT2D eigenvalue weighted by Gasteiger charge is -2.08. The maximum Gasteiger partial charge on any atom is 0.418 e. The molecule has 0 bridgehead atoms. The molecule has 0 saturated carbocycles. The third kappa shape index (κ3) is 2.30. The molecule has 0 radical (unpaired) electrons. The monoisotopic (exact) mass is 256 g/mol. The van der Waals surface area contributed by atoms with Gasteiger partial charge in [-0.1, -0.05) is 15.9 Å². The Balaban J connectivity index is 3.32. The lowest BCUT2D eigenvalue weighted by atomic mass is 10.2. The summed E-state index contributed by atoms with van der Waals surface area (Å²) in [7, 11) is 0. The molecule has 0 aromatic carbocycles. The summed E-state index contributed by atoms with van der Waals surface area (Å²) in [6, 6.07) is 0.490. The van der Waals surface area contributed by atoms with E-state index in [1.807, 2.05) is 5.10 Å². The number of H-pyrrole nitrogens is 1. The molecule has 72 valence electrons. The van der Waals surface area contributed by atoms with Crippen LogP contribution in [0.4, 0.5) is 13.2 Å². The third-order valence-electron chi connectivity index (χ3n) is 1.32. The van der Waals surface area contributed by atoms with Crippen LogP contribution >= 0.6 is 15.9 Å². The molecular formula is C6H4BrF3N2O. The highest BCUT2D eigenvalue weighted by molar-refractivity contribution is 9.08. The van der Waals surface area contributed by atoms with Crippen LogP contribution in [0.2, 0.25) is 0 Å². The Kier molecular flexibility index (Phi) is 2.74. The molecule has 0 amide bonds. The highest BCUT2D eigenvalue weighted by Crippen LogP contribution is 2.30. The molecular weight excluding hydrogens is 253 g/mol. The van der Waals surface area contributed by atoms with E-state index < -0.39 is 17.3 Å². The largest absolute Gasteiger partial charge is 0.418 e. The first kappa shape index (κ1) is 10.2. The number of aromatic nitrogens is 2. The van der Waals surface area contributed by atoms with Gasteiger partial charge >= 0.3 is 6.18 Å². The first-order valence-electron chi connectivity index (χ1n) is 3.17. The summed E-state index contributed by atoms with van der Waals surface area (Å²) in [4.78, 5) is 10.6. The zero-order valence-corrected chi connectivity index (χ0v) is 7.74. The molecule has 0 saturated heterocycles. The van der Waals surface area contributed by atoms with Gasteiger partial charge in [0.1, 0.15) is 0 Å². The van der Waals surface area contributed by atoms with Crippen LogP contribution in [0.25, 0.3) is 0 Å². The van der Waals surface area contributed by atoms with Crippen molar-refractivity contribution in [2.75, 3.05) is 0 Å². The Bertz CT molecular complexity index is 360. The number of nitrogens with one attached hydrogen (secondary N) is 1. The van der Waals surface area contributed by atoms with Gasteiger partial charge in [0.15, 0.2) is 0 Å². The van der Waals surface area contributed by atoms with Crippen molar-refractivity contribution >= 4 is 15.9 Å². The fourth-order valence-electron chi connectivity index (χ4n) is 0.777. The molecule has 0 spiro atoms. The average Bonchev–Trinajstić information content (AvgIpc) is 2.03. The van der Waals surface area contributed by atoms with Gasteiger partial charge in [-0.3, -0.25) is 4.79 Å². The predicted octanol–water partition coefficient (Wildman–Crippen LogP) is 1.68. The first-order chi connectivity index (χ1) is 5.95. The van der Waals surface area contributed by atoms with E-state index in [0.29, 0.717) is 6.07 Å². The van der Waals surface area contributed by atoms with Crippen LogP contribution in [0.15, 0.2) is 10.9 Å². The van der Waals surface area contributed by atoms with Crippen molar-refractivity contribution in [3.63, 3.8) is 0 Å².